The first-order valence-corrected chi connectivity index (χ1v) is 9.02. The van der Waals surface area contributed by atoms with Crippen LogP contribution in [0.1, 0.15) is 38.3 Å². The van der Waals surface area contributed by atoms with Gasteiger partial charge in [-0.1, -0.05) is 49.4 Å². The fourth-order valence-electron chi connectivity index (χ4n) is 2.95. The van der Waals surface area contributed by atoms with Gasteiger partial charge in [0.25, 0.3) is 0 Å². The van der Waals surface area contributed by atoms with Crippen molar-refractivity contribution in [1.82, 2.24) is 14.8 Å². The summed E-state index contributed by atoms with van der Waals surface area (Å²) in [5.74, 6) is -2.08. The van der Waals surface area contributed by atoms with Gasteiger partial charge in [0.15, 0.2) is 5.82 Å². The van der Waals surface area contributed by atoms with E-state index in [9.17, 15) is 8.78 Å². The summed E-state index contributed by atoms with van der Waals surface area (Å²) in [4.78, 5) is 4.37. The van der Waals surface area contributed by atoms with Crippen molar-refractivity contribution in [3.63, 3.8) is 0 Å². The molecule has 3 nitrogen and oxygen atoms in total. The third-order valence-corrected chi connectivity index (χ3v) is 4.32. The lowest BCUT2D eigenvalue weighted by molar-refractivity contribution is 0.0226. The van der Waals surface area contributed by atoms with E-state index in [0.717, 1.165) is 24.6 Å². The van der Waals surface area contributed by atoms with Gasteiger partial charge in [0.05, 0.1) is 5.69 Å². The smallest absolute Gasteiger partial charge is 0.220 e. The molecule has 3 aromatic rings. The molecular weight excluding hydrogens is 344 g/mol. The highest BCUT2D eigenvalue weighted by Crippen LogP contribution is 2.22. The van der Waals surface area contributed by atoms with Crippen LogP contribution in [0, 0.1) is 0 Å². The van der Waals surface area contributed by atoms with Gasteiger partial charge in [-0.05, 0) is 49.1 Å². The number of hydrogen-bond donors (Lipinski definition) is 0. The van der Waals surface area contributed by atoms with Crippen molar-refractivity contribution in [3.05, 3.63) is 72.1 Å². The van der Waals surface area contributed by atoms with Crippen LogP contribution in [0.5, 0.6) is 0 Å². The number of halogens is 2. The van der Waals surface area contributed by atoms with E-state index in [1.807, 2.05) is 12.1 Å². The van der Waals surface area contributed by atoms with Crippen LogP contribution in [-0.4, -0.2) is 20.7 Å². The van der Waals surface area contributed by atoms with E-state index in [1.54, 1.807) is 35.3 Å². The monoisotopic (exact) mass is 367 g/mol. The highest BCUT2D eigenvalue weighted by atomic mass is 19.3. The van der Waals surface area contributed by atoms with Crippen LogP contribution >= 0.6 is 0 Å². The maximum Gasteiger partial charge on any atom is 0.249 e. The van der Waals surface area contributed by atoms with E-state index in [0.29, 0.717) is 11.4 Å². The van der Waals surface area contributed by atoms with Gasteiger partial charge in [0.2, 0.25) is 5.92 Å². The van der Waals surface area contributed by atoms with Crippen molar-refractivity contribution >= 4 is 5.57 Å². The standard InChI is InChI=1S/C22H23F2N3/c1-4-5-16(2)18-8-10-19(11-9-18)21-25-15-27(26-21)20-12-6-17(7-13-20)14-22(3,23)24/h5-13,15H,4,14H2,1-3H3/b16-5+. The molecule has 0 radical (unpaired) electrons. The number of rotatable bonds is 6. The molecule has 0 spiro atoms. The minimum absolute atomic E-state index is 0.270. The predicted molar refractivity (Wildman–Crippen MR) is 105 cm³/mol. The van der Waals surface area contributed by atoms with Gasteiger partial charge >= 0.3 is 0 Å². The van der Waals surface area contributed by atoms with Crippen LogP contribution < -0.4 is 0 Å². The van der Waals surface area contributed by atoms with E-state index in [2.05, 4.69) is 42.1 Å². The molecule has 5 heteroatoms. The molecule has 140 valence electrons. The minimum atomic E-state index is -2.71. The Labute approximate surface area is 158 Å². The quantitative estimate of drug-likeness (QED) is 0.539. The zero-order valence-electron chi connectivity index (χ0n) is 15.8. The Kier molecular flexibility index (Phi) is 5.49. The molecule has 0 aliphatic heterocycles. The third kappa shape index (κ3) is 4.88. The van der Waals surface area contributed by atoms with E-state index < -0.39 is 5.92 Å². The van der Waals surface area contributed by atoms with Gasteiger partial charge in [-0.25, -0.2) is 18.4 Å². The normalized spacial score (nSPS) is 12.4. The molecule has 0 unspecified atom stereocenters. The van der Waals surface area contributed by atoms with Crippen molar-refractivity contribution in [2.24, 2.45) is 0 Å². The Bertz CT molecular complexity index is 917. The molecule has 0 saturated carbocycles. The second kappa shape index (κ2) is 7.82. The largest absolute Gasteiger partial charge is 0.249 e. The number of aromatic nitrogens is 3. The highest BCUT2D eigenvalue weighted by Gasteiger charge is 2.21. The van der Waals surface area contributed by atoms with E-state index >= 15 is 0 Å². The Morgan fingerprint density at radius 3 is 2.33 bits per heavy atom. The molecule has 0 atom stereocenters. The Morgan fingerprint density at radius 2 is 1.74 bits per heavy atom. The molecule has 0 N–H and O–H groups in total. The first kappa shape index (κ1) is 19.0. The van der Waals surface area contributed by atoms with Gasteiger partial charge in [-0.2, -0.15) is 0 Å². The molecule has 0 saturated heterocycles. The lowest BCUT2D eigenvalue weighted by atomic mass is 10.0. The van der Waals surface area contributed by atoms with Gasteiger partial charge in [0, 0.05) is 12.0 Å². The minimum Gasteiger partial charge on any atom is -0.220 e. The molecule has 3 rings (SSSR count). The summed E-state index contributed by atoms with van der Waals surface area (Å²) in [5, 5.41) is 4.51. The number of allylic oxidation sites excluding steroid dienone is 2. The van der Waals surface area contributed by atoms with Gasteiger partial charge in [0.1, 0.15) is 6.33 Å². The SMILES string of the molecule is CC/C=C(\C)c1ccc(-c2ncn(-c3ccc(CC(C)(F)F)cc3)n2)cc1. The second-order valence-electron chi connectivity index (χ2n) is 6.80. The summed E-state index contributed by atoms with van der Waals surface area (Å²) in [6.07, 6.45) is 4.57. The van der Waals surface area contributed by atoms with Crippen LogP contribution in [0.4, 0.5) is 8.78 Å². The van der Waals surface area contributed by atoms with Crippen molar-refractivity contribution in [2.75, 3.05) is 0 Å². The van der Waals surface area contributed by atoms with Crippen LogP contribution in [0.15, 0.2) is 60.9 Å². The Hall–Kier alpha value is -2.82. The average Bonchev–Trinajstić information content (AvgIpc) is 3.11. The van der Waals surface area contributed by atoms with Crippen LogP contribution in [0.2, 0.25) is 0 Å². The summed E-state index contributed by atoms with van der Waals surface area (Å²) < 4.78 is 27.9. The number of benzene rings is 2. The molecular formula is C22H23F2N3. The summed E-state index contributed by atoms with van der Waals surface area (Å²) >= 11 is 0. The average molecular weight is 367 g/mol. The summed E-state index contributed by atoms with van der Waals surface area (Å²) in [6, 6.07) is 15.1. The molecule has 27 heavy (non-hydrogen) atoms. The third-order valence-electron chi connectivity index (χ3n) is 4.32. The molecule has 0 bridgehead atoms. The van der Waals surface area contributed by atoms with Gasteiger partial charge in [-0.15, -0.1) is 5.10 Å². The maximum atomic E-state index is 13.1. The first-order chi connectivity index (χ1) is 12.9. The van der Waals surface area contributed by atoms with E-state index in [-0.39, 0.29) is 6.42 Å². The molecule has 0 aliphatic rings. The highest BCUT2D eigenvalue weighted by molar-refractivity contribution is 5.66. The lowest BCUT2D eigenvalue weighted by Gasteiger charge is -2.10. The van der Waals surface area contributed by atoms with Crippen LogP contribution in [0.25, 0.3) is 22.6 Å². The zero-order valence-corrected chi connectivity index (χ0v) is 15.8. The molecule has 0 amide bonds. The van der Waals surface area contributed by atoms with Crippen molar-refractivity contribution < 1.29 is 8.78 Å². The first-order valence-electron chi connectivity index (χ1n) is 9.02. The summed E-state index contributed by atoms with van der Waals surface area (Å²) in [6.45, 7) is 5.15. The topological polar surface area (TPSA) is 30.7 Å². The second-order valence-corrected chi connectivity index (χ2v) is 6.80. The molecule has 1 aromatic heterocycles. The number of hydrogen-bond acceptors (Lipinski definition) is 2. The van der Waals surface area contributed by atoms with Crippen molar-refractivity contribution in [3.8, 4) is 17.1 Å². The molecule has 0 aliphatic carbocycles. The van der Waals surface area contributed by atoms with Gasteiger partial charge in [-0.3, -0.25) is 0 Å². The van der Waals surface area contributed by atoms with E-state index in [1.165, 1.54) is 11.1 Å². The Morgan fingerprint density at radius 1 is 1.07 bits per heavy atom. The number of alkyl halides is 2. The van der Waals surface area contributed by atoms with Crippen LogP contribution in [0.3, 0.4) is 0 Å². The fourth-order valence-corrected chi connectivity index (χ4v) is 2.95. The number of nitrogens with zero attached hydrogens (tertiary/aromatic N) is 3. The molecule has 2 aromatic carbocycles. The Balaban J connectivity index is 1.77. The van der Waals surface area contributed by atoms with Crippen molar-refractivity contribution in [1.29, 1.82) is 0 Å². The van der Waals surface area contributed by atoms with E-state index in [4.69, 9.17) is 0 Å². The summed E-state index contributed by atoms with van der Waals surface area (Å²) in [7, 11) is 0. The maximum absolute atomic E-state index is 13.1. The van der Waals surface area contributed by atoms with Gasteiger partial charge < -0.3 is 0 Å². The lowest BCUT2D eigenvalue weighted by Crippen LogP contribution is -2.13. The summed E-state index contributed by atoms with van der Waals surface area (Å²) in [5.41, 5.74) is 4.75. The fraction of sp³-hybridized carbons (Fsp3) is 0.273. The molecule has 0 fully saturated rings. The van der Waals surface area contributed by atoms with Crippen molar-refractivity contribution in [2.45, 2.75) is 39.5 Å². The molecule has 1 heterocycles. The zero-order chi connectivity index (χ0) is 19.4. The predicted octanol–water partition coefficient (Wildman–Crippen LogP) is 5.95. The van der Waals surface area contributed by atoms with Crippen LogP contribution in [-0.2, 0) is 6.42 Å².